The Bertz CT molecular complexity index is 425. The number of rotatable bonds is 3. The molecule has 20 heavy (non-hydrogen) atoms. The molecular weight excluding hydrogens is 278 g/mol. The van der Waals surface area contributed by atoms with Gasteiger partial charge in [0.1, 0.15) is 19.8 Å². The Morgan fingerprint density at radius 2 is 1.75 bits per heavy atom. The standard InChI is InChI=1S/C13H23NO5Si/c1-13(2,3)19-12(18)14-10(11(16)17)9(15)7-8-20(4,5)6/h9-10,15H,1-6H3,(H,14,18)(H,16,17). The first kappa shape index (κ1) is 18.5. The number of carbonyl (C=O) groups is 2. The summed E-state index contributed by atoms with van der Waals surface area (Å²) in [6, 6.07) is -1.52. The monoisotopic (exact) mass is 301 g/mol. The van der Waals surface area contributed by atoms with Crippen molar-refractivity contribution in [1.29, 1.82) is 0 Å². The minimum absolute atomic E-state index is 0.748. The van der Waals surface area contributed by atoms with E-state index in [1.807, 2.05) is 19.6 Å². The van der Waals surface area contributed by atoms with Gasteiger partial charge in [-0.1, -0.05) is 25.6 Å². The molecule has 0 aliphatic rings. The predicted octanol–water partition coefficient (Wildman–Crippen LogP) is 1.21. The van der Waals surface area contributed by atoms with Gasteiger partial charge in [-0.3, -0.25) is 0 Å². The average molecular weight is 301 g/mol. The molecular formula is C13H23NO5Si. The number of carboxylic acid groups (broad SMARTS) is 1. The van der Waals surface area contributed by atoms with Crippen LogP contribution in [-0.4, -0.2) is 48.1 Å². The number of aliphatic hydroxyl groups excluding tert-OH is 1. The molecule has 114 valence electrons. The maximum Gasteiger partial charge on any atom is 0.408 e. The molecule has 0 aliphatic carbocycles. The van der Waals surface area contributed by atoms with Crippen LogP contribution < -0.4 is 5.32 Å². The van der Waals surface area contributed by atoms with Crippen molar-refractivity contribution in [2.75, 3.05) is 0 Å². The Morgan fingerprint density at radius 3 is 2.10 bits per heavy atom. The van der Waals surface area contributed by atoms with Crippen LogP contribution in [0.15, 0.2) is 0 Å². The first-order chi connectivity index (χ1) is 8.82. The summed E-state index contributed by atoms with van der Waals surface area (Å²) in [6.45, 7) is 10.9. The highest BCUT2D eigenvalue weighted by Crippen LogP contribution is 2.07. The number of alkyl carbamates (subject to hydrolysis) is 1. The number of ether oxygens (including phenoxy) is 1. The quantitative estimate of drug-likeness (QED) is 0.538. The largest absolute Gasteiger partial charge is 0.480 e. The molecule has 1 amide bonds. The highest BCUT2D eigenvalue weighted by molar-refractivity contribution is 6.83. The summed E-state index contributed by atoms with van der Waals surface area (Å²) in [6.07, 6.45) is -2.38. The Labute approximate surface area is 120 Å². The van der Waals surface area contributed by atoms with Gasteiger partial charge in [0.2, 0.25) is 0 Å². The Morgan fingerprint density at radius 1 is 1.25 bits per heavy atom. The van der Waals surface area contributed by atoms with Gasteiger partial charge in [0.15, 0.2) is 6.04 Å². The van der Waals surface area contributed by atoms with Crippen LogP contribution in [0.3, 0.4) is 0 Å². The molecule has 0 bridgehead atoms. The number of hydrogen-bond donors (Lipinski definition) is 3. The van der Waals surface area contributed by atoms with E-state index < -0.39 is 37.9 Å². The highest BCUT2D eigenvalue weighted by atomic mass is 28.3. The maximum absolute atomic E-state index is 11.5. The van der Waals surface area contributed by atoms with Crippen molar-refractivity contribution in [3.8, 4) is 11.5 Å². The van der Waals surface area contributed by atoms with Gasteiger partial charge in [-0.05, 0) is 20.8 Å². The van der Waals surface area contributed by atoms with Crippen molar-refractivity contribution in [3.63, 3.8) is 0 Å². The number of hydrogen-bond acceptors (Lipinski definition) is 4. The van der Waals surface area contributed by atoms with Crippen LogP contribution in [0.25, 0.3) is 0 Å². The molecule has 2 atom stereocenters. The summed E-state index contributed by atoms with van der Waals surface area (Å²) in [5.41, 5.74) is 2.11. The zero-order valence-electron chi connectivity index (χ0n) is 12.8. The first-order valence-corrected chi connectivity index (χ1v) is 9.75. The minimum Gasteiger partial charge on any atom is -0.480 e. The molecule has 0 spiro atoms. The lowest BCUT2D eigenvalue weighted by atomic mass is 10.1. The van der Waals surface area contributed by atoms with Crippen molar-refractivity contribution in [3.05, 3.63) is 0 Å². The minimum atomic E-state index is -1.74. The smallest absolute Gasteiger partial charge is 0.408 e. The highest BCUT2D eigenvalue weighted by Gasteiger charge is 2.29. The molecule has 3 N–H and O–H groups in total. The van der Waals surface area contributed by atoms with E-state index in [2.05, 4.69) is 16.8 Å². The average Bonchev–Trinajstić information content (AvgIpc) is 2.18. The third kappa shape index (κ3) is 8.56. The van der Waals surface area contributed by atoms with Gasteiger partial charge >= 0.3 is 12.1 Å². The summed E-state index contributed by atoms with van der Waals surface area (Å²) >= 11 is 0. The fraction of sp³-hybridized carbons (Fsp3) is 0.692. The van der Waals surface area contributed by atoms with Crippen LogP contribution >= 0.6 is 0 Å². The summed E-state index contributed by atoms with van der Waals surface area (Å²) < 4.78 is 4.95. The number of nitrogens with one attached hydrogen (secondary N) is 1. The molecule has 0 rings (SSSR count). The van der Waals surface area contributed by atoms with E-state index in [4.69, 9.17) is 9.84 Å². The summed E-state index contributed by atoms with van der Waals surface area (Å²) in [7, 11) is -1.74. The number of aliphatic carboxylic acids is 1. The fourth-order valence-electron chi connectivity index (χ4n) is 1.08. The molecule has 0 saturated heterocycles. The van der Waals surface area contributed by atoms with Crippen molar-refractivity contribution < 1.29 is 24.5 Å². The normalized spacial score (nSPS) is 14.6. The van der Waals surface area contributed by atoms with E-state index in [0.29, 0.717) is 0 Å². The van der Waals surface area contributed by atoms with Crippen LogP contribution in [0.5, 0.6) is 0 Å². The van der Waals surface area contributed by atoms with E-state index in [9.17, 15) is 14.7 Å². The SMILES string of the molecule is CC(C)(C)OC(=O)NC(C(=O)O)C(O)C#C[Si](C)(C)C. The van der Waals surface area contributed by atoms with Crippen molar-refractivity contribution in [2.45, 2.75) is 58.2 Å². The van der Waals surface area contributed by atoms with Gasteiger partial charge in [0.05, 0.1) is 0 Å². The van der Waals surface area contributed by atoms with E-state index >= 15 is 0 Å². The lowest BCUT2D eigenvalue weighted by Crippen LogP contribution is -2.49. The van der Waals surface area contributed by atoms with Gasteiger partial charge in [0.25, 0.3) is 0 Å². The maximum atomic E-state index is 11.5. The third-order valence-corrected chi connectivity index (χ3v) is 2.74. The van der Waals surface area contributed by atoms with E-state index in [-0.39, 0.29) is 0 Å². The second-order valence-corrected chi connectivity index (χ2v) is 11.2. The molecule has 0 radical (unpaired) electrons. The third-order valence-electron chi connectivity index (χ3n) is 1.85. The molecule has 0 aromatic carbocycles. The summed E-state index contributed by atoms with van der Waals surface area (Å²) in [4.78, 5) is 22.6. The van der Waals surface area contributed by atoms with E-state index in [0.717, 1.165) is 0 Å². The van der Waals surface area contributed by atoms with Gasteiger partial charge in [-0.15, -0.1) is 5.54 Å². The second kappa shape index (κ2) is 6.77. The van der Waals surface area contributed by atoms with Crippen LogP contribution in [0, 0.1) is 11.5 Å². The zero-order valence-corrected chi connectivity index (χ0v) is 13.8. The Hall–Kier alpha value is -1.52. The molecule has 6 nitrogen and oxygen atoms in total. The number of carbonyl (C=O) groups excluding carboxylic acids is 1. The predicted molar refractivity (Wildman–Crippen MR) is 77.9 cm³/mol. The van der Waals surface area contributed by atoms with Crippen molar-refractivity contribution in [1.82, 2.24) is 5.32 Å². The molecule has 0 aromatic heterocycles. The number of carboxylic acids is 1. The second-order valence-electron chi connectivity index (χ2n) is 6.43. The molecule has 0 heterocycles. The topological polar surface area (TPSA) is 95.9 Å². The van der Waals surface area contributed by atoms with Gasteiger partial charge in [-0.25, -0.2) is 9.59 Å². The molecule has 0 saturated carbocycles. The first-order valence-electron chi connectivity index (χ1n) is 6.25. The van der Waals surface area contributed by atoms with Crippen LogP contribution in [0.1, 0.15) is 20.8 Å². The molecule has 0 aromatic rings. The van der Waals surface area contributed by atoms with Crippen LogP contribution in [0.4, 0.5) is 4.79 Å². The lowest BCUT2D eigenvalue weighted by Gasteiger charge is -2.22. The molecule has 0 aliphatic heterocycles. The molecule has 0 fully saturated rings. The van der Waals surface area contributed by atoms with Gasteiger partial charge in [-0.2, -0.15) is 0 Å². The van der Waals surface area contributed by atoms with Crippen LogP contribution in [-0.2, 0) is 9.53 Å². The molecule has 2 unspecified atom stereocenters. The van der Waals surface area contributed by atoms with Gasteiger partial charge < -0.3 is 20.3 Å². The van der Waals surface area contributed by atoms with Gasteiger partial charge in [0, 0.05) is 0 Å². The Kier molecular flexibility index (Phi) is 6.25. The lowest BCUT2D eigenvalue weighted by molar-refractivity contribution is -0.141. The Balaban J connectivity index is 4.86. The van der Waals surface area contributed by atoms with E-state index in [1.165, 1.54) is 0 Å². The van der Waals surface area contributed by atoms with E-state index in [1.54, 1.807) is 20.8 Å². The number of aliphatic hydroxyl groups is 1. The number of amides is 1. The zero-order chi connectivity index (χ0) is 16.1. The van der Waals surface area contributed by atoms with Crippen molar-refractivity contribution >= 4 is 20.1 Å². The van der Waals surface area contributed by atoms with Crippen molar-refractivity contribution in [2.24, 2.45) is 0 Å². The fourth-order valence-corrected chi connectivity index (χ4v) is 1.66. The summed E-state index contributed by atoms with van der Waals surface area (Å²) in [5, 5.41) is 20.9. The van der Waals surface area contributed by atoms with Crippen LogP contribution in [0.2, 0.25) is 19.6 Å². The summed E-state index contributed by atoms with van der Waals surface area (Å²) in [5.74, 6) is 1.12. The molecule has 7 heteroatoms.